The maximum atomic E-state index is 2.48. The van der Waals surface area contributed by atoms with Crippen LogP contribution in [0, 0.1) is 20.8 Å². The molecule has 35 heavy (non-hydrogen) atoms. The normalized spacial score (nSPS) is 11.9. The van der Waals surface area contributed by atoms with Gasteiger partial charge in [0.2, 0.25) is 0 Å². The molecule has 0 saturated carbocycles. The van der Waals surface area contributed by atoms with Gasteiger partial charge in [0.05, 0.1) is 0 Å². The van der Waals surface area contributed by atoms with Crippen molar-refractivity contribution in [1.82, 2.24) is 0 Å². The van der Waals surface area contributed by atoms with E-state index in [1.54, 1.807) is 5.56 Å². The Labute approximate surface area is 211 Å². The van der Waals surface area contributed by atoms with Crippen LogP contribution in [0.2, 0.25) is 0 Å². The lowest BCUT2D eigenvalue weighted by Gasteiger charge is -2.18. The highest BCUT2D eigenvalue weighted by Gasteiger charge is 2.13. The highest BCUT2D eigenvalue weighted by atomic mass is 14.2. The molecule has 0 fully saturated rings. The quantitative estimate of drug-likeness (QED) is 0.151. The second-order valence-electron chi connectivity index (χ2n) is 10.7. The minimum atomic E-state index is 1.20. The molecule has 0 heteroatoms. The summed E-state index contributed by atoms with van der Waals surface area (Å²) in [5.74, 6) is 0. The molecule has 180 valence electrons. The van der Waals surface area contributed by atoms with E-state index in [0.717, 1.165) is 0 Å². The molecule has 0 bridgehead atoms. The third kappa shape index (κ3) is 4.81. The summed E-state index contributed by atoms with van der Waals surface area (Å²) in [6, 6.07) is 23.1. The Kier molecular flexibility index (Phi) is 7.09. The van der Waals surface area contributed by atoms with Crippen LogP contribution in [0.15, 0.2) is 60.7 Å². The van der Waals surface area contributed by atoms with Crippen LogP contribution >= 0.6 is 0 Å². The van der Waals surface area contributed by atoms with E-state index in [9.17, 15) is 0 Å². The maximum absolute atomic E-state index is 2.48. The van der Waals surface area contributed by atoms with Crippen molar-refractivity contribution in [1.29, 1.82) is 0 Å². The van der Waals surface area contributed by atoms with Crippen molar-refractivity contribution in [2.24, 2.45) is 0 Å². The topological polar surface area (TPSA) is 0 Å². The van der Waals surface area contributed by atoms with Crippen LogP contribution in [-0.4, -0.2) is 0 Å². The van der Waals surface area contributed by atoms with Crippen molar-refractivity contribution in [2.45, 2.75) is 85.5 Å². The van der Waals surface area contributed by atoms with Gasteiger partial charge in [-0.3, -0.25) is 0 Å². The number of unbranched alkanes of at least 4 members (excludes halogenated alkanes) is 7. The molecule has 0 nitrogen and oxygen atoms in total. The van der Waals surface area contributed by atoms with Gasteiger partial charge in [-0.25, -0.2) is 0 Å². The molecule has 0 heterocycles. The van der Waals surface area contributed by atoms with Crippen molar-refractivity contribution in [3.05, 3.63) is 82.9 Å². The van der Waals surface area contributed by atoms with Gasteiger partial charge in [0.25, 0.3) is 0 Å². The molecule has 0 saturated heterocycles. The zero-order valence-corrected chi connectivity index (χ0v) is 22.1. The predicted octanol–water partition coefficient (Wildman–Crippen LogP) is 10.9. The fourth-order valence-corrected chi connectivity index (χ4v) is 5.97. The molecule has 0 radical (unpaired) electrons. The van der Waals surface area contributed by atoms with E-state index in [-0.39, 0.29) is 0 Å². The lowest BCUT2D eigenvalue weighted by atomic mass is 9.86. The SMILES string of the molecule is CCCCCCCCCCc1c(C)c(C)c(C)c2cc3cc4cc5ccccc5cc4cc3cc12. The molecule has 0 spiro atoms. The van der Waals surface area contributed by atoms with Gasteiger partial charge in [0, 0.05) is 0 Å². The van der Waals surface area contributed by atoms with Crippen LogP contribution in [0.3, 0.4) is 0 Å². The van der Waals surface area contributed by atoms with Gasteiger partial charge >= 0.3 is 0 Å². The van der Waals surface area contributed by atoms with E-state index in [0.29, 0.717) is 0 Å². The minimum absolute atomic E-state index is 1.20. The average Bonchev–Trinajstić information content (AvgIpc) is 2.87. The van der Waals surface area contributed by atoms with Gasteiger partial charge in [-0.2, -0.15) is 0 Å². The molecular formula is C35H40. The molecule has 5 rings (SSSR count). The van der Waals surface area contributed by atoms with Crippen molar-refractivity contribution >= 4 is 43.1 Å². The van der Waals surface area contributed by atoms with Crippen molar-refractivity contribution < 1.29 is 0 Å². The van der Waals surface area contributed by atoms with Crippen LogP contribution in [-0.2, 0) is 6.42 Å². The zero-order valence-electron chi connectivity index (χ0n) is 22.1. The molecular weight excluding hydrogens is 420 g/mol. The number of hydrogen-bond donors (Lipinski definition) is 0. The van der Waals surface area contributed by atoms with Crippen molar-refractivity contribution in [3.8, 4) is 0 Å². The smallest absolute Gasteiger partial charge is 0.0140 e. The largest absolute Gasteiger partial charge is 0.0654 e. The van der Waals surface area contributed by atoms with Gasteiger partial charge in [0.1, 0.15) is 0 Å². The van der Waals surface area contributed by atoms with E-state index < -0.39 is 0 Å². The first-order valence-corrected chi connectivity index (χ1v) is 13.9. The lowest BCUT2D eigenvalue weighted by Crippen LogP contribution is -1.99. The Morgan fingerprint density at radius 3 is 1.54 bits per heavy atom. The Morgan fingerprint density at radius 1 is 0.457 bits per heavy atom. The summed E-state index contributed by atoms with van der Waals surface area (Å²) in [6.07, 6.45) is 12.2. The molecule has 0 atom stereocenters. The van der Waals surface area contributed by atoms with Crippen molar-refractivity contribution in [2.75, 3.05) is 0 Å². The molecule has 0 amide bonds. The monoisotopic (exact) mass is 460 g/mol. The Balaban J connectivity index is 1.50. The van der Waals surface area contributed by atoms with Crippen LogP contribution < -0.4 is 0 Å². The summed E-state index contributed by atoms with van der Waals surface area (Å²) in [6.45, 7) is 9.27. The number of aryl methyl sites for hydroxylation is 2. The fourth-order valence-electron chi connectivity index (χ4n) is 5.97. The maximum Gasteiger partial charge on any atom is -0.0140 e. The van der Waals surface area contributed by atoms with Gasteiger partial charge in [-0.05, 0) is 135 Å². The molecule has 0 aliphatic carbocycles. The first-order valence-electron chi connectivity index (χ1n) is 13.9. The standard InChI is InChI=1S/C35H40/c1-5-6-7-8-9-10-11-12-17-33-25(3)24(2)26(4)34-22-31-20-29-18-27-15-13-14-16-28(27)19-30(29)21-32(31)23-35(33)34/h13-16,18-23H,5-12,17H2,1-4H3. The van der Waals surface area contributed by atoms with Gasteiger partial charge in [-0.1, -0.05) is 76.1 Å². The molecule has 0 N–H and O–H groups in total. The third-order valence-corrected chi connectivity index (χ3v) is 8.38. The predicted molar refractivity (Wildman–Crippen MR) is 157 cm³/mol. The summed E-state index contributed by atoms with van der Waals surface area (Å²) < 4.78 is 0. The third-order valence-electron chi connectivity index (χ3n) is 8.38. The molecule has 0 aliphatic rings. The second kappa shape index (κ2) is 10.4. The Hall–Kier alpha value is -2.86. The fraction of sp³-hybridized carbons (Fsp3) is 0.371. The zero-order chi connectivity index (χ0) is 24.4. The summed E-state index contributed by atoms with van der Waals surface area (Å²) in [5.41, 5.74) is 5.99. The van der Waals surface area contributed by atoms with Crippen molar-refractivity contribution in [3.63, 3.8) is 0 Å². The summed E-state index contributed by atoms with van der Waals surface area (Å²) in [7, 11) is 0. The van der Waals surface area contributed by atoms with Crippen LogP contribution in [0.5, 0.6) is 0 Å². The summed E-state index contributed by atoms with van der Waals surface area (Å²) in [5, 5.41) is 10.9. The van der Waals surface area contributed by atoms with Crippen LogP contribution in [0.1, 0.15) is 80.5 Å². The second-order valence-corrected chi connectivity index (χ2v) is 10.7. The molecule has 5 aromatic carbocycles. The summed E-state index contributed by atoms with van der Waals surface area (Å²) >= 11 is 0. The van der Waals surface area contributed by atoms with E-state index in [2.05, 4.69) is 88.4 Å². The Bertz CT molecular complexity index is 1500. The van der Waals surface area contributed by atoms with E-state index >= 15 is 0 Å². The molecule has 0 aromatic heterocycles. The van der Waals surface area contributed by atoms with Gasteiger partial charge in [0.15, 0.2) is 0 Å². The van der Waals surface area contributed by atoms with E-state index in [4.69, 9.17) is 0 Å². The number of fused-ring (bicyclic) bond motifs is 4. The summed E-state index contributed by atoms with van der Waals surface area (Å²) in [4.78, 5) is 0. The van der Waals surface area contributed by atoms with E-state index in [1.165, 1.54) is 118 Å². The average molecular weight is 461 g/mol. The van der Waals surface area contributed by atoms with E-state index in [1.807, 2.05) is 0 Å². The molecule has 0 aliphatic heterocycles. The first-order chi connectivity index (χ1) is 17.1. The van der Waals surface area contributed by atoms with Gasteiger partial charge < -0.3 is 0 Å². The number of rotatable bonds is 9. The molecule has 5 aromatic rings. The highest BCUT2D eigenvalue weighted by Crippen LogP contribution is 2.36. The van der Waals surface area contributed by atoms with Gasteiger partial charge in [-0.15, -0.1) is 0 Å². The highest BCUT2D eigenvalue weighted by molar-refractivity contribution is 6.09. The first kappa shape index (κ1) is 23.9. The van der Waals surface area contributed by atoms with Crippen LogP contribution in [0.25, 0.3) is 43.1 Å². The molecule has 0 unspecified atom stereocenters. The van der Waals surface area contributed by atoms with Crippen LogP contribution in [0.4, 0.5) is 0 Å². The number of hydrogen-bond acceptors (Lipinski definition) is 0. The number of benzene rings is 5. The lowest BCUT2D eigenvalue weighted by molar-refractivity contribution is 0.575. The minimum Gasteiger partial charge on any atom is -0.0654 e. The Morgan fingerprint density at radius 2 is 0.943 bits per heavy atom.